The fourth-order valence-corrected chi connectivity index (χ4v) is 4.69. The highest BCUT2D eigenvalue weighted by Crippen LogP contribution is 2.47. The Labute approximate surface area is 132 Å². The van der Waals surface area contributed by atoms with E-state index in [0.29, 0.717) is 12.3 Å². The van der Waals surface area contributed by atoms with Crippen molar-refractivity contribution in [2.75, 3.05) is 5.75 Å². The smallest absolute Gasteiger partial charge is 0.243 e. The number of rotatable bonds is 6. The predicted octanol–water partition coefficient (Wildman–Crippen LogP) is 2.77. The number of carbonyl (C=O) groups is 2. The van der Waals surface area contributed by atoms with Crippen molar-refractivity contribution < 1.29 is 9.59 Å². The molecule has 0 bridgehead atoms. The topological polar surface area (TPSA) is 49.4 Å². The van der Waals surface area contributed by atoms with E-state index in [2.05, 4.69) is 33.0 Å². The summed E-state index contributed by atoms with van der Waals surface area (Å²) in [5.74, 6) is 1.60. The number of hydrogen-bond donors (Lipinski definition) is 1. The Kier molecular flexibility index (Phi) is 5.23. The number of thioether (sulfide) groups is 1. The lowest BCUT2D eigenvalue weighted by atomic mass is 10.0. The van der Waals surface area contributed by atoms with Crippen LogP contribution in [0.4, 0.5) is 0 Å². The van der Waals surface area contributed by atoms with Crippen molar-refractivity contribution in [1.82, 2.24) is 10.2 Å². The van der Waals surface area contributed by atoms with E-state index in [4.69, 9.17) is 0 Å². The van der Waals surface area contributed by atoms with Crippen LogP contribution in [0, 0.1) is 5.92 Å². The van der Waals surface area contributed by atoms with Gasteiger partial charge in [-0.3, -0.25) is 9.59 Å². The molecule has 2 aliphatic heterocycles. The standard InChI is InChI=1S/C16H28N2O2S/c1-11(2)6-5-7-12(3)17-15(20)13-10-21-16(4)9-8-14(19)18(13)16/h11-13H,5-10H2,1-4H3,(H,17,20). The summed E-state index contributed by atoms with van der Waals surface area (Å²) in [6, 6.07) is -0.0895. The molecule has 0 aromatic heterocycles. The molecule has 1 N–H and O–H groups in total. The molecule has 5 heteroatoms. The van der Waals surface area contributed by atoms with Gasteiger partial charge in [0.2, 0.25) is 11.8 Å². The zero-order chi connectivity index (χ0) is 15.6. The van der Waals surface area contributed by atoms with Gasteiger partial charge >= 0.3 is 0 Å². The summed E-state index contributed by atoms with van der Waals surface area (Å²) in [7, 11) is 0. The van der Waals surface area contributed by atoms with Gasteiger partial charge in [-0.1, -0.05) is 26.7 Å². The van der Waals surface area contributed by atoms with Gasteiger partial charge in [-0.2, -0.15) is 0 Å². The molecule has 0 aromatic rings. The van der Waals surface area contributed by atoms with E-state index in [1.807, 2.05) is 4.90 Å². The van der Waals surface area contributed by atoms with Gasteiger partial charge in [0, 0.05) is 18.2 Å². The fourth-order valence-electron chi connectivity index (χ4n) is 3.26. The van der Waals surface area contributed by atoms with Crippen LogP contribution in [0.3, 0.4) is 0 Å². The van der Waals surface area contributed by atoms with Gasteiger partial charge in [0.25, 0.3) is 0 Å². The lowest BCUT2D eigenvalue weighted by Gasteiger charge is -2.30. The molecule has 2 amide bonds. The van der Waals surface area contributed by atoms with Crippen molar-refractivity contribution >= 4 is 23.6 Å². The third kappa shape index (κ3) is 3.74. The zero-order valence-electron chi connectivity index (χ0n) is 13.6. The molecule has 0 saturated carbocycles. The van der Waals surface area contributed by atoms with Gasteiger partial charge in [-0.25, -0.2) is 0 Å². The Morgan fingerprint density at radius 3 is 2.81 bits per heavy atom. The molecular weight excluding hydrogens is 284 g/mol. The highest BCUT2D eigenvalue weighted by atomic mass is 32.2. The number of fused-ring (bicyclic) bond motifs is 1. The van der Waals surface area contributed by atoms with Gasteiger partial charge in [0.15, 0.2) is 0 Å². The maximum atomic E-state index is 12.5. The second kappa shape index (κ2) is 6.59. The third-order valence-corrected chi connectivity index (χ3v) is 6.06. The third-order valence-electron chi connectivity index (χ3n) is 4.55. The monoisotopic (exact) mass is 312 g/mol. The van der Waals surface area contributed by atoms with Crippen LogP contribution in [0.5, 0.6) is 0 Å². The van der Waals surface area contributed by atoms with Crippen LogP contribution < -0.4 is 5.32 Å². The molecule has 2 saturated heterocycles. The molecule has 3 unspecified atom stereocenters. The van der Waals surface area contributed by atoms with Gasteiger partial charge in [0.1, 0.15) is 6.04 Å². The SMILES string of the molecule is CC(C)CCCC(C)NC(=O)C1CSC2(C)CCC(=O)N12. The van der Waals surface area contributed by atoms with Crippen LogP contribution in [0.1, 0.15) is 59.8 Å². The first-order valence-corrected chi connectivity index (χ1v) is 9.08. The summed E-state index contributed by atoms with van der Waals surface area (Å²) < 4.78 is 0. The van der Waals surface area contributed by atoms with Crippen LogP contribution in [-0.2, 0) is 9.59 Å². The Morgan fingerprint density at radius 1 is 1.43 bits per heavy atom. The first-order chi connectivity index (χ1) is 9.83. The van der Waals surface area contributed by atoms with E-state index in [0.717, 1.165) is 25.0 Å². The lowest BCUT2D eigenvalue weighted by molar-refractivity contribution is -0.138. The Hall–Kier alpha value is -0.710. The van der Waals surface area contributed by atoms with Crippen molar-refractivity contribution in [2.45, 2.75) is 76.8 Å². The van der Waals surface area contributed by atoms with E-state index in [9.17, 15) is 9.59 Å². The largest absolute Gasteiger partial charge is 0.352 e. The van der Waals surface area contributed by atoms with E-state index in [-0.39, 0.29) is 28.8 Å². The van der Waals surface area contributed by atoms with Crippen LogP contribution in [0.2, 0.25) is 0 Å². The van der Waals surface area contributed by atoms with Gasteiger partial charge in [-0.05, 0) is 32.6 Å². The Morgan fingerprint density at radius 2 is 2.14 bits per heavy atom. The highest BCUT2D eigenvalue weighted by molar-refractivity contribution is 8.01. The summed E-state index contributed by atoms with van der Waals surface area (Å²) in [4.78, 5) is 26.2. The minimum atomic E-state index is -0.275. The van der Waals surface area contributed by atoms with Crippen molar-refractivity contribution in [3.8, 4) is 0 Å². The molecule has 0 aliphatic carbocycles. The molecule has 2 aliphatic rings. The van der Waals surface area contributed by atoms with E-state index in [1.54, 1.807) is 11.8 Å². The summed E-state index contributed by atoms with van der Waals surface area (Å²) >= 11 is 1.75. The summed E-state index contributed by atoms with van der Waals surface area (Å²) in [6.07, 6.45) is 4.79. The predicted molar refractivity (Wildman–Crippen MR) is 87.0 cm³/mol. The van der Waals surface area contributed by atoms with Gasteiger partial charge in [0.05, 0.1) is 4.87 Å². The molecular formula is C16H28N2O2S. The fraction of sp³-hybridized carbons (Fsp3) is 0.875. The van der Waals surface area contributed by atoms with Crippen molar-refractivity contribution in [3.63, 3.8) is 0 Å². The van der Waals surface area contributed by atoms with Crippen LogP contribution >= 0.6 is 11.8 Å². The normalized spacial score (nSPS) is 29.9. The van der Waals surface area contributed by atoms with Crippen molar-refractivity contribution in [1.29, 1.82) is 0 Å². The maximum Gasteiger partial charge on any atom is 0.243 e. The number of nitrogens with zero attached hydrogens (tertiary/aromatic N) is 1. The first-order valence-electron chi connectivity index (χ1n) is 8.10. The zero-order valence-corrected chi connectivity index (χ0v) is 14.5. The molecule has 2 heterocycles. The second-order valence-electron chi connectivity index (χ2n) is 7.00. The molecule has 2 rings (SSSR count). The Bertz CT molecular complexity index is 413. The minimum Gasteiger partial charge on any atom is -0.352 e. The summed E-state index contributed by atoms with van der Waals surface area (Å²) in [5, 5.41) is 3.10. The maximum absolute atomic E-state index is 12.5. The average Bonchev–Trinajstić information content (AvgIpc) is 2.86. The highest BCUT2D eigenvalue weighted by Gasteiger charge is 2.52. The molecule has 4 nitrogen and oxygen atoms in total. The first kappa shape index (κ1) is 16.7. The Balaban J connectivity index is 1.85. The second-order valence-corrected chi connectivity index (χ2v) is 8.50. The molecule has 3 atom stereocenters. The molecule has 120 valence electrons. The molecule has 2 fully saturated rings. The van der Waals surface area contributed by atoms with Gasteiger partial charge < -0.3 is 10.2 Å². The minimum absolute atomic E-state index is 0.0264. The summed E-state index contributed by atoms with van der Waals surface area (Å²) in [5.41, 5.74) is 0. The van der Waals surface area contributed by atoms with Crippen LogP contribution in [0.25, 0.3) is 0 Å². The quantitative estimate of drug-likeness (QED) is 0.820. The van der Waals surface area contributed by atoms with Crippen molar-refractivity contribution in [3.05, 3.63) is 0 Å². The average molecular weight is 312 g/mol. The van der Waals surface area contributed by atoms with E-state index >= 15 is 0 Å². The van der Waals surface area contributed by atoms with Crippen molar-refractivity contribution in [2.24, 2.45) is 5.92 Å². The lowest BCUT2D eigenvalue weighted by Crippen LogP contribution is -2.51. The number of carbonyl (C=O) groups excluding carboxylic acids is 2. The number of nitrogens with one attached hydrogen (secondary N) is 1. The molecule has 0 radical (unpaired) electrons. The van der Waals surface area contributed by atoms with E-state index < -0.39 is 0 Å². The number of amides is 2. The van der Waals surface area contributed by atoms with E-state index in [1.165, 1.54) is 6.42 Å². The van der Waals surface area contributed by atoms with Crippen LogP contribution in [-0.4, -0.2) is 39.4 Å². The molecule has 21 heavy (non-hydrogen) atoms. The van der Waals surface area contributed by atoms with Crippen LogP contribution in [0.15, 0.2) is 0 Å². The van der Waals surface area contributed by atoms with Gasteiger partial charge in [-0.15, -0.1) is 11.8 Å². The molecule has 0 aromatic carbocycles. The summed E-state index contributed by atoms with van der Waals surface area (Å²) in [6.45, 7) is 8.59. The number of hydrogen-bond acceptors (Lipinski definition) is 3. The molecule has 0 spiro atoms.